The maximum absolute atomic E-state index is 12.9. The second-order valence-electron chi connectivity index (χ2n) is 11.2. The van der Waals surface area contributed by atoms with Crippen molar-refractivity contribution < 1.29 is 30.9 Å². The van der Waals surface area contributed by atoms with E-state index in [2.05, 4.69) is 45.9 Å². The molecule has 0 atom stereocenters. The number of benzene rings is 2. The molecule has 226 valence electrons. The molecule has 0 aliphatic rings. The molecule has 0 radical (unpaired) electrons. The van der Waals surface area contributed by atoms with Crippen molar-refractivity contribution in [2.45, 2.75) is 96.9 Å². The molecule has 0 aliphatic heterocycles. The highest BCUT2D eigenvalue weighted by molar-refractivity contribution is 5.93. The van der Waals surface area contributed by atoms with E-state index in [-0.39, 0.29) is 22.9 Å². The molecule has 1 amide bonds. The number of nitrogens with zero attached hydrogens (tertiary/aromatic N) is 2. The lowest BCUT2D eigenvalue weighted by molar-refractivity contribution is -0.512. The Labute approximate surface area is 263 Å². The van der Waals surface area contributed by atoms with Crippen molar-refractivity contribution in [1.29, 1.82) is 0 Å². The number of pyridine rings is 1. The number of ether oxygens (including phenoxy) is 1. The van der Waals surface area contributed by atoms with Gasteiger partial charge in [-0.2, -0.15) is 0 Å². The van der Waals surface area contributed by atoms with E-state index in [0.717, 1.165) is 41.1 Å². The van der Waals surface area contributed by atoms with Gasteiger partial charge in [-0.25, -0.2) is 8.97 Å². The quantitative estimate of drug-likeness (QED) is 0.109. The number of unbranched alkanes of at least 4 members (excludes halogenated alkanes) is 11. The summed E-state index contributed by atoms with van der Waals surface area (Å²) in [5, 5.41) is 3.12. The third-order valence-corrected chi connectivity index (χ3v) is 7.69. The monoisotopic (exact) mass is 633 g/mol. The molecule has 0 aliphatic carbocycles. The molecule has 0 saturated heterocycles. The van der Waals surface area contributed by atoms with Crippen molar-refractivity contribution in [3.8, 4) is 5.75 Å². The van der Waals surface area contributed by atoms with Crippen LogP contribution in [0.5, 0.6) is 5.75 Å². The topological polar surface area (TPSA) is 47.4 Å². The van der Waals surface area contributed by atoms with E-state index in [0.29, 0.717) is 13.0 Å². The molecule has 42 heavy (non-hydrogen) atoms. The first kappa shape index (κ1) is 33.4. The Morgan fingerprint density at radius 2 is 1.43 bits per heavy atom. The van der Waals surface area contributed by atoms with Crippen LogP contribution in [-0.2, 0) is 17.8 Å². The van der Waals surface area contributed by atoms with Crippen LogP contribution in [0.3, 0.4) is 0 Å². The number of hydrogen-bond donors (Lipinski definition) is 1. The summed E-state index contributed by atoms with van der Waals surface area (Å²) in [7, 11) is 0. The molecule has 0 spiro atoms. The van der Waals surface area contributed by atoms with Gasteiger partial charge in [0.15, 0.2) is 5.52 Å². The van der Waals surface area contributed by atoms with Gasteiger partial charge < -0.3 is 27.0 Å². The van der Waals surface area contributed by atoms with E-state index in [1.165, 1.54) is 70.6 Å². The highest BCUT2D eigenvalue weighted by Gasteiger charge is 2.12. The van der Waals surface area contributed by atoms with Crippen LogP contribution in [0.25, 0.3) is 5.52 Å². The number of carbonyl (C=O) groups excluding carboxylic acids is 1. The fraction of sp³-hybridized carbons (Fsp3) is 0.444. The minimum Gasteiger partial charge on any atom is -1.00 e. The van der Waals surface area contributed by atoms with Crippen molar-refractivity contribution in [3.63, 3.8) is 0 Å². The fourth-order valence-corrected chi connectivity index (χ4v) is 5.33. The minimum atomic E-state index is -0.0188. The number of carbonyl (C=O) groups is 1. The molecule has 0 saturated carbocycles. The zero-order valence-electron chi connectivity index (χ0n) is 25.3. The summed E-state index contributed by atoms with van der Waals surface area (Å²) in [4.78, 5) is 12.9. The number of anilines is 1. The molecular formula is C36H48BrN3O2. The number of amides is 1. The Hall–Kier alpha value is -3.12. The van der Waals surface area contributed by atoms with Crippen molar-refractivity contribution >= 4 is 17.1 Å². The van der Waals surface area contributed by atoms with E-state index >= 15 is 0 Å². The van der Waals surface area contributed by atoms with Gasteiger partial charge in [0.25, 0.3) is 0 Å². The van der Waals surface area contributed by atoms with Crippen LogP contribution in [0.2, 0.25) is 0 Å². The molecule has 2 aromatic carbocycles. The van der Waals surface area contributed by atoms with Crippen LogP contribution >= 0.6 is 0 Å². The number of halogens is 1. The summed E-state index contributed by atoms with van der Waals surface area (Å²) >= 11 is 0. The van der Waals surface area contributed by atoms with Gasteiger partial charge in [0.05, 0.1) is 19.2 Å². The van der Waals surface area contributed by atoms with E-state index in [1.54, 1.807) is 0 Å². The maximum Gasteiger partial charge on any atom is 0.249 e. The van der Waals surface area contributed by atoms with E-state index in [4.69, 9.17) is 4.74 Å². The van der Waals surface area contributed by atoms with Crippen molar-refractivity contribution in [2.75, 3.05) is 11.9 Å². The molecule has 0 unspecified atom stereocenters. The molecule has 0 bridgehead atoms. The number of imidazole rings is 1. The molecule has 2 aromatic heterocycles. The minimum absolute atomic E-state index is 0. The summed E-state index contributed by atoms with van der Waals surface area (Å²) in [5.74, 6) is 0.856. The Balaban J connectivity index is 0.00000484. The standard InChI is InChI=1S/C36H47N3O2.BrH/c1-2-3-4-5-6-7-8-9-10-11-12-17-26-41-34-23-21-31(22-24-34)27-36(40)37-35-20-14-13-18-32(35)28-38-29-33-19-15-16-25-39(33)30-38;/h13-16,18-25,29-30H,2-12,17,26-28H2,1H3;1H. The van der Waals surface area contributed by atoms with Gasteiger partial charge in [-0.3, -0.25) is 4.79 Å². The first-order valence-corrected chi connectivity index (χ1v) is 15.8. The van der Waals surface area contributed by atoms with Gasteiger partial charge in [-0.1, -0.05) is 114 Å². The lowest BCUT2D eigenvalue weighted by Crippen LogP contribution is -3.00. The lowest BCUT2D eigenvalue weighted by atomic mass is 10.1. The normalized spacial score (nSPS) is 10.9. The third kappa shape index (κ3) is 11.6. The van der Waals surface area contributed by atoms with E-state index in [9.17, 15) is 4.79 Å². The highest BCUT2D eigenvalue weighted by atomic mass is 79.9. The molecule has 6 heteroatoms. The summed E-state index contributed by atoms with van der Waals surface area (Å²) in [6.07, 6.45) is 22.7. The average Bonchev–Trinajstić information content (AvgIpc) is 3.40. The van der Waals surface area contributed by atoms with Gasteiger partial charge in [0, 0.05) is 11.3 Å². The first-order chi connectivity index (χ1) is 20.2. The molecule has 4 rings (SSSR count). The first-order valence-electron chi connectivity index (χ1n) is 15.8. The van der Waals surface area contributed by atoms with Gasteiger partial charge >= 0.3 is 0 Å². The van der Waals surface area contributed by atoms with Crippen molar-refractivity contribution in [2.24, 2.45) is 0 Å². The SMILES string of the molecule is CCCCCCCCCCCCCCOc1ccc(CC(=O)Nc2ccccc2Cn2cc3cccc[n+]3c2)cc1.[Br-]. The highest BCUT2D eigenvalue weighted by Crippen LogP contribution is 2.19. The maximum atomic E-state index is 12.9. The van der Waals surface area contributed by atoms with Crippen LogP contribution in [0.15, 0.2) is 85.5 Å². The number of rotatable bonds is 19. The van der Waals surface area contributed by atoms with Gasteiger partial charge in [0.2, 0.25) is 12.2 Å². The Morgan fingerprint density at radius 1 is 0.786 bits per heavy atom. The third-order valence-electron chi connectivity index (χ3n) is 7.69. The van der Waals surface area contributed by atoms with Crippen LogP contribution in [0.4, 0.5) is 5.69 Å². The van der Waals surface area contributed by atoms with Crippen LogP contribution < -0.4 is 31.4 Å². The van der Waals surface area contributed by atoms with E-state index < -0.39 is 0 Å². The molecule has 0 fully saturated rings. The zero-order chi connectivity index (χ0) is 28.5. The largest absolute Gasteiger partial charge is 1.00 e. The van der Waals surface area contributed by atoms with Crippen LogP contribution in [0, 0.1) is 0 Å². The molecular weight excluding hydrogens is 586 g/mol. The Morgan fingerprint density at radius 3 is 2.12 bits per heavy atom. The number of nitrogens with one attached hydrogen (secondary N) is 1. The van der Waals surface area contributed by atoms with Gasteiger partial charge in [-0.15, -0.1) is 0 Å². The number of aromatic nitrogens is 2. The van der Waals surface area contributed by atoms with Crippen molar-refractivity contribution in [1.82, 2.24) is 4.57 Å². The zero-order valence-corrected chi connectivity index (χ0v) is 26.9. The number of para-hydroxylation sites is 1. The summed E-state index contributed by atoms with van der Waals surface area (Å²) in [6, 6.07) is 22.1. The predicted molar refractivity (Wildman–Crippen MR) is 168 cm³/mol. The van der Waals surface area contributed by atoms with Crippen LogP contribution in [-0.4, -0.2) is 17.1 Å². The molecule has 4 aromatic rings. The molecule has 2 heterocycles. The van der Waals surface area contributed by atoms with Crippen molar-refractivity contribution in [3.05, 3.63) is 96.6 Å². The van der Waals surface area contributed by atoms with E-state index in [1.807, 2.05) is 60.8 Å². The van der Waals surface area contributed by atoms with Crippen LogP contribution in [0.1, 0.15) is 95.1 Å². The van der Waals surface area contributed by atoms with Gasteiger partial charge in [0.1, 0.15) is 18.5 Å². The number of hydrogen-bond acceptors (Lipinski definition) is 2. The molecule has 5 nitrogen and oxygen atoms in total. The second-order valence-corrected chi connectivity index (χ2v) is 11.2. The summed E-state index contributed by atoms with van der Waals surface area (Å²) in [6.45, 7) is 3.71. The lowest BCUT2D eigenvalue weighted by Gasteiger charge is -2.11. The fourth-order valence-electron chi connectivity index (χ4n) is 5.33. The predicted octanol–water partition coefficient (Wildman–Crippen LogP) is 5.54. The smallest absolute Gasteiger partial charge is 0.249 e. The van der Waals surface area contributed by atoms with Gasteiger partial charge in [-0.05, 0) is 42.3 Å². The number of fused-ring (bicyclic) bond motifs is 1. The Kier molecular flexibility index (Phi) is 15.2. The second kappa shape index (κ2) is 19.1. The average molecular weight is 635 g/mol. The Bertz CT molecular complexity index is 1290. The summed E-state index contributed by atoms with van der Waals surface area (Å²) in [5.41, 5.74) is 4.03. The molecule has 1 N–H and O–H groups in total. The summed E-state index contributed by atoms with van der Waals surface area (Å²) < 4.78 is 10.2.